The van der Waals surface area contributed by atoms with Crippen molar-refractivity contribution in [2.45, 2.75) is 31.9 Å². The number of aliphatic hydroxyl groups excluding tert-OH is 1. The number of hydrogen-bond donors (Lipinski definition) is 3. The van der Waals surface area contributed by atoms with Gasteiger partial charge in [0.05, 0.1) is 6.54 Å². The zero-order valence-electron chi connectivity index (χ0n) is 12.8. The number of halogens is 1. The third-order valence-electron chi connectivity index (χ3n) is 3.76. The minimum Gasteiger partial charge on any atom is -1.00 e. The van der Waals surface area contributed by atoms with Crippen LogP contribution in [0.1, 0.15) is 30.6 Å². The van der Waals surface area contributed by atoms with Crippen molar-refractivity contribution in [1.82, 2.24) is 0 Å². The van der Waals surface area contributed by atoms with Gasteiger partial charge in [0.2, 0.25) is 0 Å². The van der Waals surface area contributed by atoms with Crippen molar-refractivity contribution in [3.8, 4) is 5.75 Å². The lowest BCUT2D eigenvalue weighted by atomic mass is 10.0. The lowest BCUT2D eigenvalue weighted by molar-refractivity contribution is -0.694. The van der Waals surface area contributed by atoms with Crippen LogP contribution >= 0.6 is 0 Å². The van der Waals surface area contributed by atoms with E-state index >= 15 is 0 Å². The summed E-state index contributed by atoms with van der Waals surface area (Å²) < 4.78 is 0. The fourth-order valence-electron chi connectivity index (χ4n) is 2.47. The molecule has 0 fully saturated rings. The van der Waals surface area contributed by atoms with Crippen LogP contribution in [0, 0.1) is 0 Å². The molecule has 2 rings (SSSR count). The molecule has 120 valence electrons. The molecule has 2 aromatic rings. The quantitative estimate of drug-likeness (QED) is 0.574. The fourth-order valence-corrected chi connectivity index (χ4v) is 2.47. The Bertz CT molecular complexity index is 548. The molecule has 4 heteroatoms. The Labute approximate surface area is 138 Å². The Hall–Kier alpha value is -1.55. The second-order valence-corrected chi connectivity index (χ2v) is 5.51. The summed E-state index contributed by atoms with van der Waals surface area (Å²) in [4.78, 5) is 0. The Kier molecular flexibility index (Phi) is 7.96. The summed E-state index contributed by atoms with van der Waals surface area (Å²) in [5, 5.41) is 21.9. The van der Waals surface area contributed by atoms with E-state index < -0.39 is 6.10 Å². The largest absolute Gasteiger partial charge is 1.00 e. The third kappa shape index (κ3) is 5.68. The van der Waals surface area contributed by atoms with Gasteiger partial charge >= 0.3 is 0 Å². The summed E-state index contributed by atoms with van der Waals surface area (Å²) in [5.41, 5.74) is 2.12. The SMILES string of the molecule is CC([NH2+]CCCc1ccccc1)C(O)c1cccc(O)c1.[Cl-]. The molecular formula is C18H24ClNO2. The van der Waals surface area contributed by atoms with E-state index in [1.165, 1.54) is 5.56 Å². The van der Waals surface area contributed by atoms with E-state index in [2.05, 4.69) is 29.6 Å². The number of phenolic OH excluding ortho intramolecular Hbond substituents is 1. The summed E-state index contributed by atoms with van der Waals surface area (Å²) in [6, 6.07) is 17.4. The molecule has 0 heterocycles. The van der Waals surface area contributed by atoms with Crippen molar-refractivity contribution >= 4 is 0 Å². The molecule has 0 aliphatic rings. The maximum atomic E-state index is 10.3. The smallest absolute Gasteiger partial charge is 0.130 e. The Morgan fingerprint density at radius 1 is 1.05 bits per heavy atom. The Morgan fingerprint density at radius 2 is 1.77 bits per heavy atom. The van der Waals surface area contributed by atoms with E-state index in [9.17, 15) is 10.2 Å². The van der Waals surface area contributed by atoms with Crippen molar-refractivity contribution in [3.63, 3.8) is 0 Å². The molecule has 0 bridgehead atoms. The highest BCUT2D eigenvalue weighted by molar-refractivity contribution is 5.28. The number of quaternary nitrogens is 1. The number of rotatable bonds is 7. The van der Waals surface area contributed by atoms with Crippen LogP contribution < -0.4 is 17.7 Å². The van der Waals surface area contributed by atoms with Gasteiger partial charge in [-0.2, -0.15) is 0 Å². The lowest BCUT2D eigenvalue weighted by Gasteiger charge is -2.18. The molecular weight excluding hydrogens is 298 g/mol. The van der Waals surface area contributed by atoms with Crippen LogP contribution in [0.15, 0.2) is 54.6 Å². The average molecular weight is 322 g/mol. The number of benzene rings is 2. The lowest BCUT2D eigenvalue weighted by Crippen LogP contribution is -3.00. The predicted octanol–water partition coefficient (Wildman–Crippen LogP) is -0.986. The number of aryl methyl sites for hydroxylation is 1. The Morgan fingerprint density at radius 3 is 2.45 bits per heavy atom. The summed E-state index contributed by atoms with van der Waals surface area (Å²) in [6.45, 7) is 2.99. The molecule has 2 aromatic carbocycles. The monoisotopic (exact) mass is 321 g/mol. The van der Waals surface area contributed by atoms with Crippen LogP contribution in [0.2, 0.25) is 0 Å². The van der Waals surface area contributed by atoms with Gasteiger partial charge in [0.25, 0.3) is 0 Å². The molecule has 0 aliphatic carbocycles. The van der Waals surface area contributed by atoms with Gasteiger partial charge in [-0.3, -0.25) is 0 Å². The minimum absolute atomic E-state index is 0. The van der Waals surface area contributed by atoms with Gasteiger partial charge < -0.3 is 27.9 Å². The van der Waals surface area contributed by atoms with Crippen LogP contribution in [0.4, 0.5) is 0 Å². The van der Waals surface area contributed by atoms with E-state index in [1.54, 1.807) is 18.2 Å². The molecule has 0 aromatic heterocycles. The number of phenols is 1. The highest BCUT2D eigenvalue weighted by atomic mass is 35.5. The predicted molar refractivity (Wildman–Crippen MR) is 84.1 cm³/mol. The number of nitrogens with two attached hydrogens (primary N) is 1. The summed E-state index contributed by atoms with van der Waals surface area (Å²) in [6.07, 6.45) is 1.58. The third-order valence-corrected chi connectivity index (χ3v) is 3.76. The van der Waals surface area contributed by atoms with Gasteiger partial charge in [0.1, 0.15) is 17.9 Å². The van der Waals surface area contributed by atoms with Gasteiger partial charge in [-0.15, -0.1) is 0 Å². The van der Waals surface area contributed by atoms with E-state index in [0.717, 1.165) is 24.9 Å². The molecule has 0 amide bonds. The minimum atomic E-state index is -0.561. The standard InChI is InChI=1S/C18H23NO2.ClH/c1-14(18(21)16-10-5-11-17(20)13-16)19-12-6-9-15-7-3-2-4-8-15;/h2-5,7-8,10-11,13-14,18-21H,6,9,12H2,1H3;1H. The van der Waals surface area contributed by atoms with E-state index in [-0.39, 0.29) is 24.2 Å². The first-order valence-corrected chi connectivity index (χ1v) is 7.51. The fraction of sp³-hybridized carbons (Fsp3) is 0.333. The molecule has 22 heavy (non-hydrogen) atoms. The summed E-state index contributed by atoms with van der Waals surface area (Å²) >= 11 is 0. The van der Waals surface area contributed by atoms with Crippen molar-refractivity contribution in [3.05, 3.63) is 65.7 Å². The van der Waals surface area contributed by atoms with Crippen LogP contribution in [-0.2, 0) is 6.42 Å². The van der Waals surface area contributed by atoms with Gasteiger partial charge in [0, 0.05) is 6.42 Å². The number of hydrogen-bond acceptors (Lipinski definition) is 2. The molecule has 4 N–H and O–H groups in total. The topological polar surface area (TPSA) is 57.1 Å². The molecule has 0 aliphatic heterocycles. The molecule has 0 radical (unpaired) electrons. The highest BCUT2D eigenvalue weighted by Crippen LogP contribution is 2.19. The number of aliphatic hydroxyl groups is 1. The van der Waals surface area contributed by atoms with Gasteiger partial charge in [-0.05, 0) is 36.6 Å². The highest BCUT2D eigenvalue weighted by Gasteiger charge is 2.19. The normalized spacial score (nSPS) is 13.2. The molecule has 0 saturated heterocycles. The summed E-state index contributed by atoms with van der Waals surface area (Å²) in [5.74, 6) is 0.197. The van der Waals surface area contributed by atoms with Crippen molar-refractivity contribution in [2.75, 3.05) is 6.54 Å². The van der Waals surface area contributed by atoms with Gasteiger partial charge in [-0.1, -0.05) is 42.5 Å². The Balaban J connectivity index is 0.00000242. The van der Waals surface area contributed by atoms with E-state index in [0.29, 0.717) is 0 Å². The molecule has 0 saturated carbocycles. The first kappa shape index (κ1) is 18.5. The van der Waals surface area contributed by atoms with Crippen LogP contribution in [0.5, 0.6) is 5.75 Å². The van der Waals surface area contributed by atoms with Crippen LogP contribution in [-0.4, -0.2) is 22.8 Å². The summed E-state index contributed by atoms with van der Waals surface area (Å²) in [7, 11) is 0. The van der Waals surface area contributed by atoms with Crippen LogP contribution in [0.25, 0.3) is 0 Å². The zero-order valence-corrected chi connectivity index (χ0v) is 13.6. The molecule has 3 nitrogen and oxygen atoms in total. The van der Waals surface area contributed by atoms with Gasteiger partial charge in [-0.25, -0.2) is 0 Å². The second kappa shape index (κ2) is 9.46. The van der Waals surface area contributed by atoms with E-state index in [4.69, 9.17) is 0 Å². The molecule has 2 unspecified atom stereocenters. The van der Waals surface area contributed by atoms with Crippen molar-refractivity contribution < 1.29 is 27.9 Å². The van der Waals surface area contributed by atoms with Gasteiger partial charge in [0.15, 0.2) is 0 Å². The average Bonchev–Trinajstić information content (AvgIpc) is 2.51. The molecule has 2 atom stereocenters. The second-order valence-electron chi connectivity index (χ2n) is 5.51. The first-order chi connectivity index (χ1) is 10.2. The maximum absolute atomic E-state index is 10.3. The van der Waals surface area contributed by atoms with Crippen molar-refractivity contribution in [2.24, 2.45) is 0 Å². The zero-order chi connectivity index (χ0) is 15.1. The van der Waals surface area contributed by atoms with Crippen molar-refractivity contribution in [1.29, 1.82) is 0 Å². The molecule has 0 spiro atoms. The van der Waals surface area contributed by atoms with E-state index in [1.807, 2.05) is 19.1 Å². The first-order valence-electron chi connectivity index (χ1n) is 7.51. The van der Waals surface area contributed by atoms with Crippen LogP contribution in [0.3, 0.4) is 0 Å². The number of aromatic hydroxyl groups is 1. The maximum Gasteiger partial charge on any atom is 0.130 e.